The number of hydrogen-bond acceptors (Lipinski definition) is 3. The monoisotopic (exact) mass is 290 g/mol. The summed E-state index contributed by atoms with van der Waals surface area (Å²) < 4.78 is 0. The van der Waals surface area contributed by atoms with Gasteiger partial charge in [-0.1, -0.05) is 6.07 Å². The molecule has 2 amide bonds. The summed E-state index contributed by atoms with van der Waals surface area (Å²) in [5.74, 6) is -0.995. The van der Waals surface area contributed by atoms with Crippen LogP contribution in [-0.4, -0.2) is 52.9 Å². The fraction of sp³-hybridized carbons (Fsp3) is 0.467. The number of aliphatic hydroxyl groups excluding tert-OH is 1. The molecule has 2 heterocycles. The van der Waals surface area contributed by atoms with E-state index < -0.39 is 12.1 Å². The standard InChI is InChI=1S/C15H18N2O4/c18-12-2-1-6-16(9-12)15(21)17-7-5-10-3-4-11(14(19)20)8-13(10)17/h3-4,8,12,18H,1-2,5-7,9H2,(H,19,20). The van der Waals surface area contributed by atoms with Crippen molar-refractivity contribution in [3.63, 3.8) is 0 Å². The second kappa shape index (κ2) is 5.37. The number of piperidine rings is 1. The van der Waals surface area contributed by atoms with E-state index >= 15 is 0 Å². The van der Waals surface area contributed by atoms with E-state index in [0.717, 1.165) is 24.8 Å². The topological polar surface area (TPSA) is 81.1 Å². The average Bonchev–Trinajstić information content (AvgIpc) is 2.89. The highest BCUT2D eigenvalue weighted by Gasteiger charge is 2.31. The number of β-amino-alcohol motifs (C(OH)–C–C–N with tert-alkyl or cyclic N) is 1. The first-order valence-electron chi connectivity index (χ1n) is 7.17. The van der Waals surface area contributed by atoms with Gasteiger partial charge in [0, 0.05) is 25.3 Å². The molecular formula is C15H18N2O4. The molecule has 1 saturated heterocycles. The van der Waals surface area contributed by atoms with Crippen LogP contribution >= 0.6 is 0 Å². The van der Waals surface area contributed by atoms with Crippen molar-refractivity contribution in [3.05, 3.63) is 29.3 Å². The number of carbonyl (C=O) groups excluding carboxylic acids is 1. The van der Waals surface area contributed by atoms with Crippen molar-refractivity contribution in [2.24, 2.45) is 0 Å². The Bertz CT molecular complexity index is 587. The van der Waals surface area contributed by atoms with Crippen LogP contribution < -0.4 is 4.90 Å². The van der Waals surface area contributed by atoms with Crippen molar-refractivity contribution < 1.29 is 19.8 Å². The van der Waals surface area contributed by atoms with Gasteiger partial charge in [-0.3, -0.25) is 4.90 Å². The van der Waals surface area contributed by atoms with Crippen molar-refractivity contribution >= 4 is 17.7 Å². The maximum Gasteiger partial charge on any atom is 0.335 e. The highest BCUT2D eigenvalue weighted by molar-refractivity contribution is 5.97. The van der Waals surface area contributed by atoms with Crippen LogP contribution in [0.25, 0.3) is 0 Å². The molecule has 1 unspecified atom stereocenters. The Morgan fingerprint density at radius 1 is 1.24 bits per heavy atom. The second-order valence-electron chi connectivity index (χ2n) is 5.57. The number of carboxylic acid groups (broad SMARTS) is 1. The molecule has 0 spiro atoms. The number of nitrogens with zero attached hydrogens (tertiary/aromatic N) is 2. The van der Waals surface area contributed by atoms with Crippen LogP contribution in [0.15, 0.2) is 18.2 Å². The third kappa shape index (κ3) is 2.58. The van der Waals surface area contributed by atoms with Crippen LogP contribution in [0.3, 0.4) is 0 Å². The molecule has 0 aromatic heterocycles. The highest BCUT2D eigenvalue weighted by atomic mass is 16.4. The molecule has 112 valence electrons. The molecule has 1 fully saturated rings. The molecular weight excluding hydrogens is 272 g/mol. The smallest absolute Gasteiger partial charge is 0.335 e. The van der Waals surface area contributed by atoms with Gasteiger partial charge in [-0.2, -0.15) is 0 Å². The normalized spacial score (nSPS) is 21.3. The number of hydrogen-bond donors (Lipinski definition) is 2. The number of aliphatic hydroxyl groups is 1. The molecule has 0 bridgehead atoms. The van der Waals surface area contributed by atoms with Gasteiger partial charge in [0.2, 0.25) is 0 Å². The Morgan fingerprint density at radius 2 is 2.05 bits per heavy atom. The summed E-state index contributed by atoms with van der Waals surface area (Å²) in [6.07, 6.45) is 1.79. The van der Waals surface area contributed by atoms with Crippen LogP contribution in [0.2, 0.25) is 0 Å². The lowest BCUT2D eigenvalue weighted by atomic mass is 10.1. The van der Waals surface area contributed by atoms with Gasteiger partial charge in [0.1, 0.15) is 0 Å². The van der Waals surface area contributed by atoms with Gasteiger partial charge in [-0.25, -0.2) is 9.59 Å². The molecule has 6 nitrogen and oxygen atoms in total. The van der Waals surface area contributed by atoms with E-state index in [1.807, 2.05) is 0 Å². The van der Waals surface area contributed by atoms with Gasteiger partial charge in [0.15, 0.2) is 0 Å². The van der Waals surface area contributed by atoms with Crippen LogP contribution in [0, 0.1) is 0 Å². The molecule has 0 saturated carbocycles. The minimum absolute atomic E-state index is 0.143. The van der Waals surface area contributed by atoms with Crippen LogP contribution in [-0.2, 0) is 6.42 Å². The van der Waals surface area contributed by atoms with Gasteiger partial charge >= 0.3 is 12.0 Å². The molecule has 6 heteroatoms. The number of benzene rings is 1. The summed E-state index contributed by atoms with van der Waals surface area (Å²) in [4.78, 5) is 26.9. The number of carbonyl (C=O) groups is 2. The lowest BCUT2D eigenvalue weighted by Crippen LogP contribution is -2.48. The predicted octanol–water partition coefficient (Wildman–Crippen LogP) is 1.32. The van der Waals surface area contributed by atoms with Gasteiger partial charge in [0.05, 0.1) is 11.7 Å². The van der Waals surface area contributed by atoms with Gasteiger partial charge in [-0.05, 0) is 37.0 Å². The zero-order valence-corrected chi connectivity index (χ0v) is 11.7. The third-order valence-electron chi connectivity index (χ3n) is 4.13. The number of likely N-dealkylation sites (tertiary alicyclic amines) is 1. The minimum atomic E-state index is -0.995. The minimum Gasteiger partial charge on any atom is -0.478 e. The van der Waals surface area contributed by atoms with Crippen LogP contribution in [0.1, 0.15) is 28.8 Å². The first-order chi connectivity index (χ1) is 10.1. The molecule has 0 aliphatic carbocycles. The number of anilines is 1. The lowest BCUT2D eigenvalue weighted by molar-refractivity contribution is 0.0697. The van der Waals surface area contributed by atoms with E-state index in [1.165, 1.54) is 0 Å². The van der Waals surface area contributed by atoms with Crippen molar-refractivity contribution in [1.29, 1.82) is 0 Å². The van der Waals surface area contributed by atoms with Crippen molar-refractivity contribution in [2.45, 2.75) is 25.4 Å². The zero-order chi connectivity index (χ0) is 15.0. The Labute approximate surface area is 122 Å². The van der Waals surface area contributed by atoms with E-state index in [2.05, 4.69) is 0 Å². The van der Waals surface area contributed by atoms with E-state index in [9.17, 15) is 14.7 Å². The molecule has 21 heavy (non-hydrogen) atoms. The fourth-order valence-electron chi connectivity index (χ4n) is 3.01. The maximum absolute atomic E-state index is 12.6. The first-order valence-corrected chi connectivity index (χ1v) is 7.17. The Hall–Kier alpha value is -2.08. The van der Waals surface area contributed by atoms with Crippen molar-refractivity contribution in [2.75, 3.05) is 24.5 Å². The van der Waals surface area contributed by atoms with Crippen molar-refractivity contribution in [1.82, 2.24) is 4.90 Å². The van der Waals surface area contributed by atoms with E-state index in [0.29, 0.717) is 25.3 Å². The summed E-state index contributed by atoms with van der Waals surface area (Å²) in [6, 6.07) is 4.76. The fourth-order valence-corrected chi connectivity index (χ4v) is 3.01. The first kappa shape index (κ1) is 13.9. The van der Waals surface area contributed by atoms with Gasteiger partial charge in [0.25, 0.3) is 0 Å². The molecule has 1 aromatic rings. The summed E-state index contributed by atoms with van der Waals surface area (Å²) in [7, 11) is 0. The van der Waals surface area contributed by atoms with Gasteiger partial charge in [-0.15, -0.1) is 0 Å². The second-order valence-corrected chi connectivity index (χ2v) is 5.57. The number of rotatable bonds is 1. The van der Waals surface area contributed by atoms with Crippen molar-refractivity contribution in [3.8, 4) is 0 Å². The summed E-state index contributed by atoms with van der Waals surface area (Å²) in [5, 5.41) is 18.8. The average molecular weight is 290 g/mol. The van der Waals surface area contributed by atoms with E-state index in [4.69, 9.17) is 5.11 Å². The van der Waals surface area contributed by atoms with Crippen LogP contribution in [0.5, 0.6) is 0 Å². The number of carboxylic acids is 1. The lowest BCUT2D eigenvalue weighted by Gasteiger charge is -2.33. The predicted molar refractivity (Wildman–Crippen MR) is 76.7 cm³/mol. The Morgan fingerprint density at radius 3 is 2.76 bits per heavy atom. The number of urea groups is 1. The molecule has 0 radical (unpaired) electrons. The maximum atomic E-state index is 12.6. The Kier molecular flexibility index (Phi) is 3.55. The Balaban J connectivity index is 1.84. The number of aromatic carboxylic acids is 1. The molecule has 2 N–H and O–H groups in total. The summed E-state index contributed by atoms with van der Waals surface area (Å²) in [5.41, 5.74) is 1.86. The van der Waals surface area contributed by atoms with Gasteiger partial charge < -0.3 is 15.1 Å². The van der Waals surface area contributed by atoms with E-state index in [1.54, 1.807) is 28.0 Å². The summed E-state index contributed by atoms with van der Waals surface area (Å²) >= 11 is 0. The summed E-state index contributed by atoms with van der Waals surface area (Å²) in [6.45, 7) is 1.55. The SMILES string of the molecule is O=C(O)c1ccc2c(c1)N(C(=O)N1CCCC(O)C1)CC2. The van der Waals surface area contributed by atoms with E-state index in [-0.39, 0.29) is 11.6 Å². The molecule has 2 aliphatic heterocycles. The largest absolute Gasteiger partial charge is 0.478 e. The molecule has 3 rings (SSSR count). The third-order valence-corrected chi connectivity index (χ3v) is 4.13. The zero-order valence-electron chi connectivity index (χ0n) is 11.7. The molecule has 1 aromatic carbocycles. The number of amides is 2. The number of fused-ring (bicyclic) bond motifs is 1. The van der Waals surface area contributed by atoms with Crippen LogP contribution in [0.4, 0.5) is 10.5 Å². The molecule has 2 aliphatic rings. The quantitative estimate of drug-likeness (QED) is 0.817. The highest BCUT2D eigenvalue weighted by Crippen LogP contribution is 2.30. The molecule has 1 atom stereocenters.